The average molecular weight is 540 g/mol. The third kappa shape index (κ3) is 7.02. The molecule has 2 N–H and O–H groups in total. The van der Waals surface area contributed by atoms with E-state index in [2.05, 4.69) is 64.3 Å². The van der Waals surface area contributed by atoms with Crippen molar-refractivity contribution in [3.05, 3.63) is 41.7 Å². The van der Waals surface area contributed by atoms with E-state index in [0.717, 1.165) is 62.2 Å². The van der Waals surface area contributed by atoms with Crippen LogP contribution < -0.4 is 20.3 Å². The number of hydrogen-bond acceptors (Lipinski definition) is 4. The zero-order valence-corrected chi connectivity index (χ0v) is 21.7. The van der Waals surface area contributed by atoms with Crippen molar-refractivity contribution < 1.29 is 4.74 Å². The van der Waals surface area contributed by atoms with Crippen molar-refractivity contribution in [2.45, 2.75) is 46.7 Å². The van der Waals surface area contributed by atoms with Gasteiger partial charge in [-0.25, -0.2) is 0 Å². The first-order valence-corrected chi connectivity index (χ1v) is 10.9. The first-order valence-electron chi connectivity index (χ1n) is 10.9. The van der Waals surface area contributed by atoms with Crippen molar-refractivity contribution in [3.63, 3.8) is 0 Å². The van der Waals surface area contributed by atoms with Gasteiger partial charge in [0.1, 0.15) is 5.75 Å². The number of benzene rings is 1. The van der Waals surface area contributed by atoms with Crippen LogP contribution in [0.2, 0.25) is 0 Å². The zero-order chi connectivity index (χ0) is 21.5. The Bertz CT molecular complexity index is 852. The van der Waals surface area contributed by atoms with Gasteiger partial charge in [0.2, 0.25) is 0 Å². The molecule has 31 heavy (non-hydrogen) atoms. The fraction of sp³-hybridized carbons (Fsp3) is 0.565. The van der Waals surface area contributed by atoms with Crippen LogP contribution >= 0.6 is 24.0 Å². The summed E-state index contributed by atoms with van der Waals surface area (Å²) in [6.45, 7) is 12.9. The highest BCUT2D eigenvalue weighted by atomic mass is 127. The molecule has 2 atom stereocenters. The van der Waals surface area contributed by atoms with Gasteiger partial charge in [-0.15, -0.1) is 24.0 Å². The summed E-state index contributed by atoms with van der Waals surface area (Å²) in [7, 11) is 1.73. The van der Waals surface area contributed by atoms with Crippen LogP contribution in [-0.4, -0.2) is 55.1 Å². The van der Waals surface area contributed by atoms with Gasteiger partial charge in [-0.3, -0.25) is 9.67 Å². The summed E-state index contributed by atoms with van der Waals surface area (Å²) in [6.07, 6.45) is 1.07. The van der Waals surface area contributed by atoms with E-state index >= 15 is 0 Å². The van der Waals surface area contributed by atoms with Crippen LogP contribution in [0.3, 0.4) is 0 Å². The molecule has 172 valence electrons. The van der Waals surface area contributed by atoms with E-state index in [-0.39, 0.29) is 24.0 Å². The maximum Gasteiger partial charge on any atom is 0.191 e. The van der Waals surface area contributed by atoms with Gasteiger partial charge >= 0.3 is 0 Å². The number of guanidine groups is 1. The molecule has 2 aromatic rings. The Morgan fingerprint density at radius 3 is 2.77 bits per heavy atom. The highest BCUT2D eigenvalue weighted by molar-refractivity contribution is 14.0. The van der Waals surface area contributed by atoms with Gasteiger partial charge in [-0.1, -0.05) is 19.1 Å². The second-order valence-corrected chi connectivity index (χ2v) is 8.18. The van der Waals surface area contributed by atoms with Gasteiger partial charge in [0.25, 0.3) is 0 Å². The van der Waals surface area contributed by atoms with E-state index in [9.17, 15) is 0 Å². The van der Waals surface area contributed by atoms with Crippen LogP contribution in [0.5, 0.6) is 5.75 Å². The predicted molar refractivity (Wildman–Crippen MR) is 139 cm³/mol. The van der Waals surface area contributed by atoms with Crippen molar-refractivity contribution >= 4 is 35.6 Å². The van der Waals surface area contributed by atoms with Crippen LogP contribution in [0, 0.1) is 19.8 Å². The molecule has 0 bridgehead atoms. The number of methoxy groups -OCH3 is 1. The maximum absolute atomic E-state index is 5.53. The van der Waals surface area contributed by atoms with Gasteiger partial charge in [-0.05, 0) is 51.3 Å². The topological polar surface area (TPSA) is 66.7 Å². The molecule has 2 unspecified atom stereocenters. The Labute approximate surface area is 203 Å². The Morgan fingerprint density at radius 2 is 2.10 bits per heavy atom. The SMILES string of the molecule is CCNC(=NCC(C)Cn1nc(C)cc1C)NC1CCN(c2ccccc2OC)C1.I. The van der Waals surface area contributed by atoms with Gasteiger partial charge < -0.3 is 20.3 Å². The van der Waals surface area contributed by atoms with E-state index < -0.39 is 0 Å². The summed E-state index contributed by atoms with van der Waals surface area (Å²) >= 11 is 0. The lowest BCUT2D eigenvalue weighted by Gasteiger charge is -2.22. The second kappa shape index (κ2) is 12.2. The number of aromatic nitrogens is 2. The third-order valence-corrected chi connectivity index (χ3v) is 5.45. The molecule has 1 fully saturated rings. The van der Waals surface area contributed by atoms with E-state index in [1.165, 1.54) is 5.69 Å². The maximum atomic E-state index is 5.53. The van der Waals surface area contributed by atoms with Gasteiger partial charge in [-0.2, -0.15) is 5.10 Å². The predicted octanol–water partition coefficient (Wildman–Crippen LogP) is 3.60. The molecule has 0 saturated carbocycles. The number of anilines is 1. The third-order valence-electron chi connectivity index (χ3n) is 5.45. The molecule has 2 heterocycles. The number of ether oxygens (including phenoxy) is 1. The Hall–Kier alpha value is -1.97. The molecule has 1 saturated heterocycles. The molecule has 0 aliphatic carbocycles. The number of para-hydroxylation sites is 2. The minimum atomic E-state index is 0. The molecular weight excluding hydrogens is 503 g/mol. The standard InChI is InChI=1S/C23H36N6O.HI/c1-6-24-23(25-14-17(2)15-29-19(4)13-18(3)27-29)26-20-11-12-28(16-20)21-9-7-8-10-22(21)30-5;/h7-10,13,17,20H,6,11-12,14-16H2,1-5H3,(H2,24,25,26);1H. The lowest BCUT2D eigenvalue weighted by atomic mass is 10.2. The van der Waals surface area contributed by atoms with E-state index in [1.54, 1.807) is 7.11 Å². The van der Waals surface area contributed by atoms with Crippen molar-refractivity contribution in [3.8, 4) is 5.75 Å². The summed E-state index contributed by atoms with van der Waals surface area (Å²) in [5.41, 5.74) is 3.43. The van der Waals surface area contributed by atoms with Crippen LogP contribution in [0.25, 0.3) is 0 Å². The molecule has 0 spiro atoms. The van der Waals surface area contributed by atoms with Gasteiger partial charge in [0.05, 0.1) is 18.5 Å². The summed E-state index contributed by atoms with van der Waals surface area (Å²) in [5.74, 6) is 2.23. The zero-order valence-electron chi connectivity index (χ0n) is 19.4. The minimum Gasteiger partial charge on any atom is -0.495 e. The van der Waals surface area contributed by atoms with E-state index in [1.807, 2.05) is 19.1 Å². The average Bonchev–Trinajstić information content (AvgIpc) is 3.32. The lowest BCUT2D eigenvalue weighted by Crippen LogP contribution is -2.45. The number of nitrogens with zero attached hydrogens (tertiary/aromatic N) is 4. The Morgan fingerprint density at radius 1 is 1.32 bits per heavy atom. The fourth-order valence-corrected chi connectivity index (χ4v) is 3.96. The summed E-state index contributed by atoms with van der Waals surface area (Å²) < 4.78 is 7.61. The molecule has 8 heteroatoms. The minimum absolute atomic E-state index is 0. The molecule has 1 aromatic carbocycles. The van der Waals surface area contributed by atoms with Crippen LogP contribution in [0.15, 0.2) is 35.3 Å². The normalized spacial score (nSPS) is 17.3. The molecule has 0 amide bonds. The number of aryl methyl sites for hydroxylation is 2. The number of halogens is 1. The highest BCUT2D eigenvalue weighted by Gasteiger charge is 2.25. The van der Waals surface area contributed by atoms with E-state index in [0.29, 0.717) is 12.0 Å². The number of rotatable bonds is 8. The van der Waals surface area contributed by atoms with Crippen LogP contribution in [0.1, 0.15) is 31.7 Å². The second-order valence-electron chi connectivity index (χ2n) is 8.18. The number of aliphatic imine (C=N–C) groups is 1. The molecule has 1 aliphatic rings. The summed E-state index contributed by atoms with van der Waals surface area (Å²) in [5, 5.41) is 11.6. The van der Waals surface area contributed by atoms with Crippen LogP contribution in [0.4, 0.5) is 5.69 Å². The molecule has 0 radical (unpaired) electrons. The first kappa shape index (κ1) is 25.3. The lowest BCUT2D eigenvalue weighted by molar-refractivity contribution is 0.415. The first-order chi connectivity index (χ1) is 14.5. The highest BCUT2D eigenvalue weighted by Crippen LogP contribution is 2.30. The van der Waals surface area contributed by atoms with Crippen molar-refractivity contribution in [1.82, 2.24) is 20.4 Å². The summed E-state index contributed by atoms with van der Waals surface area (Å²) in [6, 6.07) is 10.7. The van der Waals surface area contributed by atoms with Crippen molar-refractivity contribution in [2.24, 2.45) is 10.9 Å². The van der Waals surface area contributed by atoms with Crippen molar-refractivity contribution in [2.75, 3.05) is 38.2 Å². The van der Waals surface area contributed by atoms with E-state index in [4.69, 9.17) is 9.73 Å². The monoisotopic (exact) mass is 540 g/mol. The molecular formula is C23H37IN6O. The van der Waals surface area contributed by atoms with Crippen molar-refractivity contribution in [1.29, 1.82) is 0 Å². The number of hydrogen-bond donors (Lipinski definition) is 2. The molecule has 1 aromatic heterocycles. The fourth-order valence-electron chi connectivity index (χ4n) is 3.96. The molecule has 3 rings (SSSR count). The number of nitrogens with one attached hydrogen (secondary N) is 2. The van der Waals surface area contributed by atoms with Gasteiger partial charge in [0, 0.05) is 44.5 Å². The Kier molecular flexibility index (Phi) is 9.93. The van der Waals surface area contributed by atoms with Gasteiger partial charge in [0.15, 0.2) is 5.96 Å². The molecule has 7 nitrogen and oxygen atoms in total. The quantitative estimate of drug-likeness (QED) is 0.305. The summed E-state index contributed by atoms with van der Waals surface area (Å²) in [4.78, 5) is 7.23. The largest absolute Gasteiger partial charge is 0.495 e. The smallest absolute Gasteiger partial charge is 0.191 e. The molecule has 1 aliphatic heterocycles. The Balaban J connectivity index is 0.00000341. The van der Waals surface area contributed by atoms with Crippen LogP contribution in [-0.2, 0) is 6.54 Å².